The molecule has 1 aromatic carbocycles. The number of carbonyl (C=O) groups is 1. The molecular weight excluding hydrogens is 370 g/mol. The van der Waals surface area contributed by atoms with E-state index in [2.05, 4.69) is 26.8 Å². The molecular formula is C21H21N5O3. The van der Waals surface area contributed by atoms with Crippen molar-refractivity contribution in [3.05, 3.63) is 70.7 Å². The lowest BCUT2D eigenvalue weighted by Crippen LogP contribution is -2.29. The van der Waals surface area contributed by atoms with E-state index < -0.39 is 0 Å². The summed E-state index contributed by atoms with van der Waals surface area (Å²) in [6, 6.07) is 12.5. The fraction of sp³-hybridized carbons (Fsp3) is 0.238. The zero-order chi connectivity index (χ0) is 20.6. The maximum absolute atomic E-state index is 12.6. The Hall–Kier alpha value is -3.86. The van der Waals surface area contributed by atoms with E-state index in [1.807, 2.05) is 19.9 Å². The van der Waals surface area contributed by atoms with Gasteiger partial charge in [0.15, 0.2) is 0 Å². The molecule has 0 aliphatic rings. The minimum Gasteiger partial charge on any atom is -0.488 e. The summed E-state index contributed by atoms with van der Waals surface area (Å²) in [7, 11) is 0. The van der Waals surface area contributed by atoms with Crippen LogP contribution in [0.25, 0.3) is 0 Å². The molecule has 0 unspecified atom stereocenters. The van der Waals surface area contributed by atoms with E-state index in [1.165, 1.54) is 0 Å². The molecule has 148 valence electrons. The van der Waals surface area contributed by atoms with Gasteiger partial charge in [-0.3, -0.25) is 4.79 Å². The number of hydrogen-bond acceptors (Lipinski definition) is 7. The van der Waals surface area contributed by atoms with Crippen molar-refractivity contribution in [2.45, 2.75) is 20.5 Å². The molecule has 29 heavy (non-hydrogen) atoms. The Balaban J connectivity index is 1.56. The highest BCUT2D eigenvalue weighted by Gasteiger charge is 2.14. The molecule has 0 spiro atoms. The highest BCUT2D eigenvalue weighted by Crippen LogP contribution is 2.21. The molecule has 0 aliphatic heterocycles. The Labute approximate surface area is 168 Å². The van der Waals surface area contributed by atoms with Crippen molar-refractivity contribution in [3.63, 3.8) is 0 Å². The fourth-order valence-electron chi connectivity index (χ4n) is 2.73. The Morgan fingerprint density at radius 3 is 2.79 bits per heavy atom. The van der Waals surface area contributed by atoms with E-state index in [0.29, 0.717) is 41.5 Å². The van der Waals surface area contributed by atoms with Gasteiger partial charge in [-0.05, 0) is 38.1 Å². The number of aryl methyl sites for hydroxylation is 2. The molecule has 0 fully saturated rings. The number of hydrogen-bond donors (Lipinski definition) is 2. The lowest BCUT2D eigenvalue weighted by molar-refractivity contribution is 0.0950. The minimum atomic E-state index is -0.248. The number of carbonyl (C=O) groups excluding carboxylic acids is 1. The molecule has 0 saturated heterocycles. The Morgan fingerprint density at radius 2 is 2.03 bits per heavy atom. The van der Waals surface area contributed by atoms with Crippen LogP contribution in [0.15, 0.2) is 47.1 Å². The molecule has 3 rings (SSSR count). The van der Waals surface area contributed by atoms with Gasteiger partial charge in [0.2, 0.25) is 0 Å². The lowest BCUT2D eigenvalue weighted by Gasteiger charge is -2.12. The van der Waals surface area contributed by atoms with Gasteiger partial charge in [-0.25, -0.2) is 4.98 Å². The maximum atomic E-state index is 12.6. The first kappa shape index (κ1) is 19.9. The summed E-state index contributed by atoms with van der Waals surface area (Å²) in [5, 5.41) is 18.9. The second-order valence-electron chi connectivity index (χ2n) is 6.28. The van der Waals surface area contributed by atoms with Gasteiger partial charge in [0.1, 0.15) is 30.0 Å². The number of rotatable bonds is 8. The normalized spacial score (nSPS) is 10.2. The quantitative estimate of drug-likeness (QED) is 0.568. The molecule has 2 N–H and O–H groups in total. The summed E-state index contributed by atoms with van der Waals surface area (Å²) in [4.78, 5) is 16.7. The molecule has 0 atom stereocenters. The van der Waals surface area contributed by atoms with E-state index in [1.54, 1.807) is 36.5 Å². The minimum absolute atomic E-state index is 0.248. The zero-order valence-electron chi connectivity index (χ0n) is 16.2. The van der Waals surface area contributed by atoms with Gasteiger partial charge in [0.25, 0.3) is 5.91 Å². The fourth-order valence-corrected chi connectivity index (χ4v) is 2.73. The van der Waals surface area contributed by atoms with Crippen LogP contribution in [0.2, 0.25) is 0 Å². The van der Waals surface area contributed by atoms with Crippen molar-refractivity contribution in [1.82, 2.24) is 15.5 Å². The van der Waals surface area contributed by atoms with Gasteiger partial charge in [-0.2, -0.15) is 5.26 Å². The summed E-state index contributed by atoms with van der Waals surface area (Å²) in [6.07, 6.45) is 1.61. The first-order chi connectivity index (χ1) is 14.1. The molecule has 8 heteroatoms. The first-order valence-corrected chi connectivity index (χ1v) is 9.11. The Morgan fingerprint density at radius 1 is 1.21 bits per heavy atom. The van der Waals surface area contributed by atoms with Crippen LogP contribution in [0, 0.1) is 25.2 Å². The molecule has 3 aromatic rings. The predicted molar refractivity (Wildman–Crippen MR) is 107 cm³/mol. The SMILES string of the molecule is Cc1noc(C)c1COc1ccccc1C(=O)NCCNc1ncccc1C#N. The average molecular weight is 391 g/mol. The number of nitrogens with zero attached hydrogens (tertiary/aromatic N) is 3. The second-order valence-corrected chi connectivity index (χ2v) is 6.28. The van der Waals surface area contributed by atoms with Crippen LogP contribution >= 0.6 is 0 Å². The van der Waals surface area contributed by atoms with Crippen LogP contribution in [0.3, 0.4) is 0 Å². The van der Waals surface area contributed by atoms with Gasteiger partial charge in [-0.1, -0.05) is 17.3 Å². The van der Waals surface area contributed by atoms with Crippen LogP contribution < -0.4 is 15.4 Å². The van der Waals surface area contributed by atoms with Crippen LogP contribution in [0.4, 0.5) is 5.82 Å². The van der Waals surface area contributed by atoms with E-state index in [9.17, 15) is 4.79 Å². The van der Waals surface area contributed by atoms with Crippen molar-refractivity contribution in [1.29, 1.82) is 5.26 Å². The number of nitrogens with one attached hydrogen (secondary N) is 2. The number of benzene rings is 1. The molecule has 2 heterocycles. The average Bonchev–Trinajstić information content (AvgIpc) is 3.07. The zero-order valence-corrected chi connectivity index (χ0v) is 16.2. The van der Waals surface area contributed by atoms with E-state index in [4.69, 9.17) is 14.5 Å². The molecule has 1 amide bonds. The van der Waals surface area contributed by atoms with E-state index in [-0.39, 0.29) is 12.5 Å². The van der Waals surface area contributed by atoms with Crippen LogP contribution in [0.1, 0.15) is 32.9 Å². The smallest absolute Gasteiger partial charge is 0.255 e. The molecule has 0 saturated carbocycles. The third-order valence-electron chi connectivity index (χ3n) is 4.32. The number of ether oxygens (including phenoxy) is 1. The van der Waals surface area contributed by atoms with Crippen LogP contribution in [-0.4, -0.2) is 29.1 Å². The van der Waals surface area contributed by atoms with Crippen molar-refractivity contribution < 1.29 is 14.1 Å². The number of nitriles is 1. The highest BCUT2D eigenvalue weighted by atomic mass is 16.5. The number of aromatic nitrogens is 2. The molecule has 0 radical (unpaired) electrons. The van der Waals surface area contributed by atoms with Crippen LogP contribution in [0.5, 0.6) is 5.75 Å². The van der Waals surface area contributed by atoms with Crippen LogP contribution in [-0.2, 0) is 6.61 Å². The first-order valence-electron chi connectivity index (χ1n) is 9.11. The third-order valence-corrected chi connectivity index (χ3v) is 4.32. The molecule has 2 aromatic heterocycles. The number of anilines is 1. The molecule has 0 bridgehead atoms. The van der Waals surface area contributed by atoms with Crippen molar-refractivity contribution in [2.24, 2.45) is 0 Å². The molecule has 0 aliphatic carbocycles. The standard InChI is InChI=1S/C21H21N5O3/c1-14-18(15(2)29-26-14)13-28-19-8-4-3-7-17(19)21(27)25-11-10-24-20-16(12-22)6-5-9-23-20/h3-9H,10-11,13H2,1-2H3,(H,23,24)(H,25,27). The van der Waals surface area contributed by atoms with Gasteiger partial charge < -0.3 is 19.9 Å². The Kier molecular flexibility index (Phi) is 6.43. The monoisotopic (exact) mass is 391 g/mol. The maximum Gasteiger partial charge on any atom is 0.255 e. The third kappa shape index (κ3) is 4.90. The summed E-state index contributed by atoms with van der Waals surface area (Å²) < 4.78 is 11.0. The van der Waals surface area contributed by atoms with Gasteiger partial charge >= 0.3 is 0 Å². The van der Waals surface area contributed by atoms with Gasteiger partial charge in [0, 0.05) is 19.3 Å². The van der Waals surface area contributed by atoms with Crippen molar-refractivity contribution >= 4 is 11.7 Å². The van der Waals surface area contributed by atoms with Gasteiger partial charge in [-0.15, -0.1) is 0 Å². The predicted octanol–water partition coefficient (Wildman–Crippen LogP) is 2.98. The summed E-state index contributed by atoms with van der Waals surface area (Å²) in [5.74, 6) is 1.42. The van der Waals surface area contributed by atoms with Crippen molar-refractivity contribution in [2.75, 3.05) is 18.4 Å². The van der Waals surface area contributed by atoms with E-state index >= 15 is 0 Å². The number of pyridine rings is 1. The number of amides is 1. The molecule has 8 nitrogen and oxygen atoms in total. The number of para-hydroxylation sites is 1. The summed E-state index contributed by atoms with van der Waals surface area (Å²) >= 11 is 0. The highest BCUT2D eigenvalue weighted by molar-refractivity contribution is 5.96. The summed E-state index contributed by atoms with van der Waals surface area (Å²) in [5.41, 5.74) is 2.53. The topological polar surface area (TPSA) is 113 Å². The largest absolute Gasteiger partial charge is 0.488 e. The van der Waals surface area contributed by atoms with E-state index in [0.717, 1.165) is 11.3 Å². The Bertz CT molecular complexity index is 1020. The van der Waals surface area contributed by atoms with Gasteiger partial charge in [0.05, 0.1) is 22.4 Å². The second kappa shape index (κ2) is 9.37. The van der Waals surface area contributed by atoms with Crippen molar-refractivity contribution in [3.8, 4) is 11.8 Å². The summed E-state index contributed by atoms with van der Waals surface area (Å²) in [6.45, 7) is 4.73. The lowest BCUT2D eigenvalue weighted by atomic mass is 10.2.